The number of benzene rings is 2. The summed E-state index contributed by atoms with van der Waals surface area (Å²) in [6, 6.07) is 9.30. The fourth-order valence-electron chi connectivity index (χ4n) is 4.74. The molecular formula is C37H44ClFN8O10. The van der Waals surface area contributed by atoms with Crippen molar-refractivity contribution < 1.29 is 51.9 Å². The van der Waals surface area contributed by atoms with E-state index in [-0.39, 0.29) is 79.5 Å². The van der Waals surface area contributed by atoms with Gasteiger partial charge in [0.1, 0.15) is 37.4 Å². The average molecular weight is 815 g/mol. The maximum Gasteiger partial charge on any atom is 0.435 e. The first-order valence-corrected chi connectivity index (χ1v) is 16.9. The first kappa shape index (κ1) is 45.1. The van der Waals surface area contributed by atoms with Crippen molar-refractivity contribution in [2.45, 2.75) is 33.7 Å². The highest BCUT2D eigenvalue weighted by Crippen LogP contribution is 2.36. The Morgan fingerprint density at radius 2 is 1.72 bits per heavy atom. The minimum Gasteiger partial charge on any atom is -0.497 e. The lowest BCUT2D eigenvalue weighted by atomic mass is 9.95. The molecule has 0 radical (unpaired) electrons. The van der Waals surface area contributed by atoms with E-state index in [9.17, 15) is 14.4 Å². The van der Waals surface area contributed by atoms with Crippen LogP contribution in [0.5, 0.6) is 17.5 Å². The quantitative estimate of drug-likeness (QED) is 0.0248. The van der Waals surface area contributed by atoms with E-state index >= 15 is 4.39 Å². The number of aromatic nitrogens is 5. The molecule has 0 fully saturated rings. The number of aliphatic imine (C=N–C) groups is 1. The van der Waals surface area contributed by atoms with E-state index in [0.29, 0.717) is 16.8 Å². The first-order chi connectivity index (χ1) is 26.7. The maximum atomic E-state index is 16.5. The van der Waals surface area contributed by atoms with Gasteiger partial charge in [0.25, 0.3) is 5.95 Å². The van der Waals surface area contributed by atoms with Gasteiger partial charge >= 0.3 is 24.0 Å². The number of carbonyl (C=O) groups excluding carboxylic acids is 3. The van der Waals surface area contributed by atoms with Crippen molar-refractivity contribution in [3.05, 3.63) is 89.8 Å². The molecule has 3 N–H and O–H groups in total. The molecule has 20 heteroatoms. The second kappa shape index (κ2) is 21.1. The van der Waals surface area contributed by atoms with Gasteiger partial charge in [0.05, 0.1) is 19.1 Å². The molecule has 306 valence electrons. The van der Waals surface area contributed by atoms with Gasteiger partial charge in [0.2, 0.25) is 6.79 Å². The normalized spacial score (nSPS) is 11.7. The molecule has 2 heterocycles. The van der Waals surface area contributed by atoms with Crippen LogP contribution in [0.15, 0.2) is 72.0 Å². The molecule has 1 atom stereocenters. The second-order valence-electron chi connectivity index (χ2n) is 12.6. The molecule has 0 aliphatic rings. The number of rotatable bonds is 19. The summed E-state index contributed by atoms with van der Waals surface area (Å²) in [5.41, 5.74) is 6.48. The average Bonchev–Trinajstić information content (AvgIpc) is 3.59. The number of anilines is 1. The zero-order valence-corrected chi connectivity index (χ0v) is 33.0. The third kappa shape index (κ3) is 12.9. The van der Waals surface area contributed by atoms with Crippen molar-refractivity contribution in [1.29, 1.82) is 0 Å². The highest BCUT2D eigenvalue weighted by molar-refractivity contribution is 6.02. The number of ether oxygens (including phenoxy) is 7. The molecule has 2 aromatic heterocycles. The van der Waals surface area contributed by atoms with E-state index in [1.54, 1.807) is 51.1 Å². The Bertz CT molecular complexity index is 2030. The fourth-order valence-corrected chi connectivity index (χ4v) is 4.74. The summed E-state index contributed by atoms with van der Waals surface area (Å²) in [4.78, 5) is 52.9. The highest BCUT2D eigenvalue weighted by Gasteiger charge is 2.31. The number of methoxy groups -OCH3 is 2. The summed E-state index contributed by atoms with van der Waals surface area (Å²) >= 11 is 0. The van der Waals surface area contributed by atoms with E-state index in [0.717, 1.165) is 4.68 Å². The Balaban J connectivity index is 0.00000870. The van der Waals surface area contributed by atoms with E-state index in [4.69, 9.17) is 38.9 Å². The lowest BCUT2D eigenvalue weighted by molar-refractivity contribution is -0.163. The largest absolute Gasteiger partial charge is 0.497 e. The van der Waals surface area contributed by atoms with E-state index in [1.165, 1.54) is 45.7 Å². The summed E-state index contributed by atoms with van der Waals surface area (Å²) in [6.07, 6.45) is 2.05. The number of amides is 1. The summed E-state index contributed by atoms with van der Waals surface area (Å²) in [5.74, 6) is -2.08. The van der Waals surface area contributed by atoms with Crippen LogP contribution in [0.2, 0.25) is 0 Å². The maximum absolute atomic E-state index is 16.5. The van der Waals surface area contributed by atoms with Gasteiger partial charge in [-0.25, -0.2) is 19.2 Å². The van der Waals surface area contributed by atoms with Crippen LogP contribution in [0.4, 0.5) is 14.9 Å². The Morgan fingerprint density at radius 1 is 1.02 bits per heavy atom. The van der Waals surface area contributed by atoms with Crippen molar-refractivity contribution >= 4 is 42.0 Å². The van der Waals surface area contributed by atoms with E-state index in [1.807, 2.05) is 0 Å². The molecule has 0 aliphatic heterocycles. The third-order valence-electron chi connectivity index (χ3n) is 7.41. The van der Waals surface area contributed by atoms with Crippen LogP contribution >= 0.6 is 12.4 Å². The molecule has 1 amide bonds. The molecule has 4 aromatic rings. The molecule has 0 bridgehead atoms. The van der Waals surface area contributed by atoms with Crippen LogP contribution in [0.1, 0.15) is 50.7 Å². The molecule has 0 aliphatic carbocycles. The standard InChI is InChI=1S/C37H43FN8O10.ClH/c1-22(2)19-54-36(49)43-31(39)24-9-11-25(12-10-24)42-30(27-17-26(51-7)18-28(29(27)38)53-16-15-52-23(3)47)32-44-35(46(45-32)34-40-13-8-14-41-34)56-21-55-33(48)37(4,5)20-50-6;/h8-14,17-18,30,42H,1,15-16,19-21H2,2-7H3,(H2,39,43,49);1H/t30-;/m1./s1. The number of nitrogens with one attached hydrogen (secondary N) is 1. The number of hydrogen-bond acceptors (Lipinski definition) is 15. The Hall–Kier alpha value is -6.34. The first-order valence-electron chi connectivity index (χ1n) is 16.9. The van der Waals surface area contributed by atoms with Crippen LogP contribution < -0.4 is 25.3 Å². The lowest BCUT2D eigenvalue weighted by Gasteiger charge is -2.21. The third-order valence-corrected chi connectivity index (χ3v) is 7.41. The number of nitrogens with zero attached hydrogens (tertiary/aromatic N) is 6. The van der Waals surface area contributed by atoms with Crippen molar-refractivity contribution in [3.63, 3.8) is 0 Å². The zero-order valence-electron chi connectivity index (χ0n) is 32.1. The molecule has 0 saturated heterocycles. The molecule has 57 heavy (non-hydrogen) atoms. The summed E-state index contributed by atoms with van der Waals surface area (Å²) in [6.45, 7) is 9.13. The van der Waals surface area contributed by atoms with Gasteiger partial charge in [-0.15, -0.1) is 22.2 Å². The fraction of sp³-hybridized carbons (Fsp3) is 0.351. The smallest absolute Gasteiger partial charge is 0.435 e. The molecule has 4 rings (SSSR count). The van der Waals surface area contributed by atoms with Crippen LogP contribution in [-0.4, -0.2) is 96.0 Å². The highest BCUT2D eigenvalue weighted by atomic mass is 35.5. The topological polar surface area (TPSA) is 223 Å². The molecule has 18 nitrogen and oxygen atoms in total. The molecule has 0 saturated carbocycles. The molecular weight excluding hydrogens is 771 g/mol. The van der Waals surface area contributed by atoms with Crippen LogP contribution in [0.25, 0.3) is 5.95 Å². The minimum atomic E-state index is -1.20. The molecule has 0 spiro atoms. The SMILES string of the molecule is C=C(C)COC(=O)N=C(N)c1ccc(N[C@@H](c2nc(OCOC(=O)C(C)(C)COC)n(-c3ncccn3)n2)c2cc(OC)cc(OCCOC(C)=O)c2F)cc1.Cl. The van der Waals surface area contributed by atoms with E-state index in [2.05, 4.69) is 36.9 Å². The second-order valence-corrected chi connectivity index (χ2v) is 12.6. The summed E-state index contributed by atoms with van der Waals surface area (Å²) in [7, 11) is 2.86. The van der Waals surface area contributed by atoms with Gasteiger partial charge in [-0.3, -0.25) is 9.59 Å². The Labute approximate surface area is 333 Å². The lowest BCUT2D eigenvalue weighted by Crippen LogP contribution is -2.32. The van der Waals surface area contributed by atoms with Gasteiger partial charge < -0.3 is 44.2 Å². The van der Waals surface area contributed by atoms with Gasteiger partial charge in [-0.05, 0) is 62.7 Å². The van der Waals surface area contributed by atoms with Gasteiger partial charge in [-0.2, -0.15) is 9.98 Å². The van der Waals surface area contributed by atoms with E-state index < -0.39 is 42.1 Å². The summed E-state index contributed by atoms with van der Waals surface area (Å²) < 4.78 is 55.0. The summed E-state index contributed by atoms with van der Waals surface area (Å²) in [5, 5.41) is 7.81. The number of hydrogen-bond donors (Lipinski definition) is 2. The number of carbonyl (C=O) groups is 3. The monoisotopic (exact) mass is 814 g/mol. The van der Waals surface area contributed by atoms with Crippen molar-refractivity contribution in [2.75, 3.05) is 52.8 Å². The predicted molar refractivity (Wildman–Crippen MR) is 205 cm³/mol. The van der Waals surface area contributed by atoms with Crippen LogP contribution in [-0.2, 0) is 28.5 Å². The number of amidine groups is 1. The van der Waals surface area contributed by atoms with Crippen molar-refractivity contribution in [1.82, 2.24) is 24.7 Å². The minimum absolute atomic E-state index is 0. The van der Waals surface area contributed by atoms with Crippen molar-refractivity contribution in [3.8, 4) is 23.5 Å². The van der Waals surface area contributed by atoms with Crippen LogP contribution in [0.3, 0.4) is 0 Å². The number of esters is 2. The van der Waals surface area contributed by atoms with Gasteiger partial charge in [0, 0.05) is 49.3 Å². The predicted octanol–water partition coefficient (Wildman–Crippen LogP) is 4.74. The Kier molecular flexibility index (Phi) is 16.7. The van der Waals surface area contributed by atoms with Gasteiger partial charge in [0.15, 0.2) is 17.4 Å². The van der Waals surface area contributed by atoms with Gasteiger partial charge in [-0.1, -0.05) is 6.58 Å². The number of nitrogens with two attached hydrogens (primary N) is 1. The number of halogens is 2. The molecule has 0 unspecified atom stereocenters. The molecule has 2 aromatic carbocycles. The van der Waals surface area contributed by atoms with Crippen molar-refractivity contribution in [2.24, 2.45) is 16.1 Å². The van der Waals surface area contributed by atoms with Crippen LogP contribution in [0, 0.1) is 11.2 Å². The zero-order chi connectivity index (χ0) is 40.8. The Morgan fingerprint density at radius 3 is 2.35 bits per heavy atom.